The Balaban J connectivity index is 1.67. The van der Waals surface area contributed by atoms with Crippen molar-refractivity contribution in [3.8, 4) is 11.3 Å². The van der Waals surface area contributed by atoms with Crippen molar-refractivity contribution in [2.75, 3.05) is 4.90 Å². The summed E-state index contributed by atoms with van der Waals surface area (Å²) in [5, 5.41) is 2.18. The molecular weight excluding hydrogens is 387 g/mol. The number of imide groups is 2. The Morgan fingerprint density at radius 2 is 1.67 bits per heavy atom. The SMILES string of the molecule is Cc1ccc(N2C(=O)NC(=O)/C(=C/c3ccc(-c4ccc(F)cc4)o3)C2=O)cc1C. The van der Waals surface area contributed by atoms with Gasteiger partial charge in [0, 0.05) is 5.56 Å². The molecule has 2 heterocycles. The molecule has 0 unspecified atom stereocenters. The van der Waals surface area contributed by atoms with E-state index in [4.69, 9.17) is 4.42 Å². The van der Waals surface area contributed by atoms with Gasteiger partial charge in [0.15, 0.2) is 0 Å². The number of nitrogens with one attached hydrogen (secondary N) is 1. The van der Waals surface area contributed by atoms with Crippen molar-refractivity contribution in [3.05, 3.63) is 82.9 Å². The smallest absolute Gasteiger partial charge is 0.335 e. The van der Waals surface area contributed by atoms with Crippen LogP contribution in [0.5, 0.6) is 0 Å². The average Bonchev–Trinajstić information content (AvgIpc) is 3.17. The molecule has 0 aliphatic carbocycles. The first-order valence-electron chi connectivity index (χ1n) is 9.18. The van der Waals surface area contributed by atoms with Crippen LogP contribution in [0.1, 0.15) is 16.9 Å². The summed E-state index contributed by atoms with van der Waals surface area (Å²) in [4.78, 5) is 38.5. The van der Waals surface area contributed by atoms with Gasteiger partial charge in [-0.3, -0.25) is 14.9 Å². The minimum Gasteiger partial charge on any atom is -0.457 e. The van der Waals surface area contributed by atoms with E-state index in [9.17, 15) is 18.8 Å². The molecule has 0 bridgehead atoms. The maximum atomic E-state index is 13.1. The zero-order chi connectivity index (χ0) is 21.4. The van der Waals surface area contributed by atoms with Crippen LogP contribution in [-0.4, -0.2) is 17.8 Å². The lowest BCUT2D eigenvalue weighted by Crippen LogP contribution is -2.54. The molecule has 1 aliphatic rings. The molecule has 1 saturated heterocycles. The Morgan fingerprint density at radius 3 is 2.37 bits per heavy atom. The van der Waals surface area contributed by atoms with Gasteiger partial charge in [0.1, 0.15) is 22.9 Å². The molecule has 4 amide bonds. The Kier molecular flexibility index (Phi) is 4.79. The molecule has 2 aromatic carbocycles. The van der Waals surface area contributed by atoms with Crippen molar-refractivity contribution >= 4 is 29.6 Å². The summed E-state index contributed by atoms with van der Waals surface area (Å²) in [5.41, 5.74) is 2.70. The molecule has 1 aliphatic heterocycles. The van der Waals surface area contributed by atoms with E-state index in [2.05, 4.69) is 5.32 Å². The van der Waals surface area contributed by atoms with Crippen molar-refractivity contribution in [3.63, 3.8) is 0 Å². The van der Waals surface area contributed by atoms with Gasteiger partial charge >= 0.3 is 6.03 Å². The summed E-state index contributed by atoms with van der Waals surface area (Å²) in [7, 11) is 0. The number of halogens is 1. The summed E-state index contributed by atoms with van der Waals surface area (Å²) in [6, 6.07) is 13.3. The van der Waals surface area contributed by atoms with E-state index in [-0.39, 0.29) is 17.2 Å². The van der Waals surface area contributed by atoms with Gasteiger partial charge in [0.25, 0.3) is 11.8 Å². The lowest BCUT2D eigenvalue weighted by Gasteiger charge is -2.26. The molecule has 3 aromatic rings. The molecule has 0 saturated carbocycles. The predicted molar refractivity (Wildman–Crippen MR) is 109 cm³/mol. The predicted octanol–water partition coefficient (Wildman–Crippen LogP) is 4.37. The van der Waals surface area contributed by atoms with E-state index < -0.39 is 17.8 Å². The van der Waals surface area contributed by atoms with Crippen LogP contribution in [0.2, 0.25) is 0 Å². The average molecular weight is 404 g/mol. The molecule has 0 spiro atoms. The Morgan fingerprint density at radius 1 is 0.933 bits per heavy atom. The molecule has 30 heavy (non-hydrogen) atoms. The van der Waals surface area contributed by atoms with Crippen LogP contribution >= 0.6 is 0 Å². The Labute approximate surface area is 171 Å². The number of rotatable bonds is 3. The van der Waals surface area contributed by atoms with Gasteiger partial charge in [-0.15, -0.1) is 0 Å². The second-order valence-electron chi connectivity index (χ2n) is 6.94. The minimum absolute atomic E-state index is 0.229. The highest BCUT2D eigenvalue weighted by Gasteiger charge is 2.37. The number of anilines is 1. The largest absolute Gasteiger partial charge is 0.457 e. The summed E-state index contributed by atoms with van der Waals surface area (Å²) in [5.74, 6) is -1.21. The number of amides is 4. The number of urea groups is 1. The first-order valence-corrected chi connectivity index (χ1v) is 9.18. The van der Waals surface area contributed by atoms with Gasteiger partial charge < -0.3 is 4.42 Å². The van der Waals surface area contributed by atoms with E-state index in [1.165, 1.54) is 18.2 Å². The lowest BCUT2D eigenvalue weighted by atomic mass is 10.1. The molecular formula is C23H17FN2O4. The fraction of sp³-hybridized carbons (Fsp3) is 0.0870. The fourth-order valence-corrected chi connectivity index (χ4v) is 3.10. The van der Waals surface area contributed by atoms with Gasteiger partial charge in [-0.05, 0) is 79.6 Å². The summed E-state index contributed by atoms with van der Waals surface area (Å²) in [6.45, 7) is 3.79. The normalized spacial score (nSPS) is 15.6. The van der Waals surface area contributed by atoms with E-state index >= 15 is 0 Å². The number of carbonyl (C=O) groups excluding carboxylic acids is 3. The highest BCUT2D eigenvalue weighted by Crippen LogP contribution is 2.26. The van der Waals surface area contributed by atoms with Crippen LogP contribution < -0.4 is 10.2 Å². The maximum Gasteiger partial charge on any atom is 0.335 e. The van der Waals surface area contributed by atoms with Gasteiger partial charge in [0.05, 0.1) is 5.69 Å². The third-order valence-corrected chi connectivity index (χ3v) is 4.89. The van der Waals surface area contributed by atoms with Crippen LogP contribution in [0.4, 0.5) is 14.9 Å². The molecule has 1 fully saturated rings. The number of barbiturate groups is 1. The molecule has 0 atom stereocenters. The zero-order valence-electron chi connectivity index (χ0n) is 16.2. The van der Waals surface area contributed by atoms with Gasteiger partial charge in [-0.1, -0.05) is 6.07 Å². The monoisotopic (exact) mass is 404 g/mol. The van der Waals surface area contributed by atoms with Crippen LogP contribution in [0.15, 0.2) is 64.6 Å². The van der Waals surface area contributed by atoms with Crippen LogP contribution in [0, 0.1) is 19.7 Å². The van der Waals surface area contributed by atoms with Gasteiger partial charge in [-0.25, -0.2) is 14.1 Å². The van der Waals surface area contributed by atoms with Crippen molar-refractivity contribution in [2.45, 2.75) is 13.8 Å². The molecule has 150 valence electrons. The van der Waals surface area contributed by atoms with Crippen LogP contribution in [-0.2, 0) is 9.59 Å². The van der Waals surface area contributed by atoms with Crippen molar-refractivity contribution in [1.29, 1.82) is 0 Å². The van der Waals surface area contributed by atoms with Crippen LogP contribution in [0.3, 0.4) is 0 Å². The third-order valence-electron chi connectivity index (χ3n) is 4.89. The first kappa shape index (κ1) is 19.3. The third kappa shape index (κ3) is 3.53. The number of nitrogens with zero attached hydrogens (tertiary/aromatic N) is 1. The Bertz CT molecular complexity index is 1210. The van der Waals surface area contributed by atoms with E-state index in [0.29, 0.717) is 17.0 Å². The summed E-state index contributed by atoms with van der Waals surface area (Å²) < 4.78 is 18.8. The molecule has 0 radical (unpaired) electrons. The fourth-order valence-electron chi connectivity index (χ4n) is 3.10. The highest BCUT2D eigenvalue weighted by molar-refractivity contribution is 6.39. The van der Waals surface area contributed by atoms with Gasteiger partial charge in [0.2, 0.25) is 0 Å². The van der Waals surface area contributed by atoms with Gasteiger partial charge in [-0.2, -0.15) is 0 Å². The molecule has 4 rings (SSSR count). The maximum absolute atomic E-state index is 13.1. The number of benzene rings is 2. The summed E-state index contributed by atoms with van der Waals surface area (Å²) >= 11 is 0. The molecule has 6 nitrogen and oxygen atoms in total. The number of hydrogen-bond donors (Lipinski definition) is 1. The number of furan rings is 1. The molecule has 1 N–H and O–H groups in total. The van der Waals surface area contributed by atoms with Crippen molar-refractivity contribution in [2.24, 2.45) is 0 Å². The number of aryl methyl sites for hydroxylation is 2. The number of carbonyl (C=O) groups is 3. The highest BCUT2D eigenvalue weighted by atomic mass is 19.1. The topological polar surface area (TPSA) is 79.6 Å². The number of hydrogen-bond acceptors (Lipinski definition) is 4. The van der Waals surface area contributed by atoms with Crippen molar-refractivity contribution in [1.82, 2.24) is 5.32 Å². The van der Waals surface area contributed by atoms with E-state index in [1.807, 2.05) is 13.8 Å². The standard InChI is InChI=1S/C23H17FN2O4/c1-13-3-8-17(11-14(13)2)26-22(28)19(21(27)25-23(26)29)12-18-9-10-20(30-18)15-4-6-16(24)7-5-15/h3-12H,1-2H3,(H,25,27,29)/b19-12-. The van der Waals surface area contributed by atoms with E-state index in [1.54, 1.807) is 42.5 Å². The quantitative estimate of drug-likeness (QED) is 0.519. The Hall–Kier alpha value is -4.00. The second-order valence-corrected chi connectivity index (χ2v) is 6.94. The molecule has 7 heteroatoms. The molecule has 1 aromatic heterocycles. The van der Waals surface area contributed by atoms with Crippen molar-refractivity contribution < 1.29 is 23.2 Å². The van der Waals surface area contributed by atoms with E-state index in [0.717, 1.165) is 16.0 Å². The zero-order valence-corrected chi connectivity index (χ0v) is 16.2. The van der Waals surface area contributed by atoms with Crippen LogP contribution in [0.25, 0.3) is 17.4 Å². The minimum atomic E-state index is -0.808. The summed E-state index contributed by atoms with van der Waals surface area (Å²) in [6.07, 6.45) is 1.28. The second kappa shape index (κ2) is 7.44. The lowest BCUT2D eigenvalue weighted by molar-refractivity contribution is -0.122. The first-order chi connectivity index (χ1) is 14.3.